The second kappa shape index (κ2) is 9.32. The summed E-state index contributed by atoms with van der Waals surface area (Å²) in [5.41, 5.74) is 1.20. The molecule has 4 aromatic rings. The number of amides is 1. The molecule has 1 amide bonds. The van der Waals surface area contributed by atoms with E-state index in [4.69, 9.17) is 0 Å². The number of anilines is 1. The van der Waals surface area contributed by atoms with Crippen molar-refractivity contribution < 1.29 is 18.3 Å². The van der Waals surface area contributed by atoms with Crippen LogP contribution in [0.3, 0.4) is 0 Å². The molecular weight excluding hydrogens is 555 g/mol. The van der Waals surface area contributed by atoms with Gasteiger partial charge in [0, 0.05) is 16.0 Å². The van der Waals surface area contributed by atoms with Crippen molar-refractivity contribution >= 4 is 60.8 Å². The quantitative estimate of drug-likeness (QED) is 0.259. The third-order valence-electron chi connectivity index (χ3n) is 5.04. The lowest BCUT2D eigenvalue weighted by Gasteiger charge is -2.23. The van der Waals surface area contributed by atoms with E-state index in [1.165, 1.54) is 16.7 Å². The summed E-state index contributed by atoms with van der Waals surface area (Å²) >= 11 is 2.12. The Morgan fingerprint density at radius 3 is 2.33 bits per heavy atom. The van der Waals surface area contributed by atoms with Crippen LogP contribution < -0.4 is 4.31 Å². The third-order valence-corrected chi connectivity index (χ3v) is 7.54. The van der Waals surface area contributed by atoms with Gasteiger partial charge in [-0.3, -0.25) is 9.10 Å². The van der Waals surface area contributed by atoms with Gasteiger partial charge in [0.25, 0.3) is 15.9 Å². The van der Waals surface area contributed by atoms with Crippen LogP contribution in [0.2, 0.25) is 0 Å². The molecule has 3 aromatic carbocycles. The molecule has 1 N–H and O–H groups in total. The molecule has 0 aliphatic carbocycles. The summed E-state index contributed by atoms with van der Waals surface area (Å²) in [5.74, 6) is -0.917. The molecule has 0 saturated carbocycles. The van der Waals surface area contributed by atoms with Crippen LogP contribution in [0.15, 0.2) is 94.0 Å². The summed E-state index contributed by atoms with van der Waals surface area (Å²) in [6, 6.07) is 21.8. The number of benzene rings is 3. The molecule has 1 heterocycles. The average Bonchev–Trinajstić information content (AvgIpc) is 3.07. The van der Waals surface area contributed by atoms with E-state index in [-0.39, 0.29) is 16.5 Å². The van der Waals surface area contributed by atoms with Gasteiger partial charge in [-0.25, -0.2) is 8.42 Å². The molecule has 0 radical (unpaired) electrons. The number of carbonyl (C=O) groups excluding carboxylic acids is 1. The lowest BCUT2D eigenvalue weighted by Crippen LogP contribution is -2.35. The lowest BCUT2D eigenvalue weighted by molar-refractivity contribution is -0.116. The smallest absolute Gasteiger partial charge is 0.285 e. The predicted molar refractivity (Wildman–Crippen MR) is 134 cm³/mol. The first kappa shape index (κ1) is 22.9. The molecule has 0 aliphatic heterocycles. The van der Waals surface area contributed by atoms with Crippen molar-refractivity contribution in [2.75, 3.05) is 10.8 Å². The molecular formula is C23H19IN4O4S. The zero-order valence-corrected chi connectivity index (χ0v) is 20.4. The molecule has 0 aliphatic rings. The monoisotopic (exact) mass is 574 g/mol. The molecule has 0 atom stereocenters. The Hall–Kier alpha value is -3.25. The molecule has 0 bridgehead atoms. The first-order chi connectivity index (χ1) is 15.8. The predicted octanol–water partition coefficient (Wildman–Crippen LogP) is 4.99. The number of aryl methyl sites for hydroxylation is 1. The molecule has 0 unspecified atom stereocenters. The number of nitrogens with zero attached hydrogens (tertiary/aromatic N) is 4. The van der Waals surface area contributed by atoms with E-state index < -0.39 is 22.5 Å². The number of aromatic nitrogens is 1. The molecule has 33 heavy (non-hydrogen) atoms. The SMILES string of the molecule is Cn1c(O)c(N=NC(=O)CN(c2ccc(I)cc2)S(=O)(=O)c2ccccc2)c2ccccc21. The number of hydrogen-bond donors (Lipinski definition) is 1. The highest BCUT2D eigenvalue weighted by molar-refractivity contribution is 14.1. The molecule has 1 aromatic heterocycles. The Labute approximate surface area is 204 Å². The summed E-state index contributed by atoms with van der Waals surface area (Å²) in [5, 5.41) is 18.7. The van der Waals surface area contributed by atoms with Crippen LogP contribution >= 0.6 is 22.6 Å². The maximum atomic E-state index is 13.3. The van der Waals surface area contributed by atoms with Crippen molar-refractivity contribution in [3.63, 3.8) is 0 Å². The minimum Gasteiger partial charge on any atom is -0.493 e. The van der Waals surface area contributed by atoms with E-state index >= 15 is 0 Å². The second-order valence-corrected chi connectivity index (χ2v) is 10.3. The number of carbonyl (C=O) groups is 1. The van der Waals surface area contributed by atoms with Crippen molar-refractivity contribution in [2.45, 2.75) is 4.90 Å². The van der Waals surface area contributed by atoms with Crippen molar-refractivity contribution in [3.05, 3.63) is 82.4 Å². The minimum atomic E-state index is -4.03. The number of hydrogen-bond acceptors (Lipinski definition) is 5. The summed E-state index contributed by atoms with van der Waals surface area (Å²) in [6.07, 6.45) is 0. The first-order valence-corrected chi connectivity index (χ1v) is 12.3. The van der Waals surface area contributed by atoms with Gasteiger partial charge in [0.1, 0.15) is 6.54 Å². The fraction of sp³-hybridized carbons (Fsp3) is 0.0870. The van der Waals surface area contributed by atoms with Crippen molar-refractivity contribution in [2.24, 2.45) is 17.3 Å². The van der Waals surface area contributed by atoms with Gasteiger partial charge in [0.05, 0.1) is 16.1 Å². The largest absolute Gasteiger partial charge is 0.493 e. The van der Waals surface area contributed by atoms with Gasteiger partial charge in [-0.15, -0.1) is 10.2 Å². The maximum Gasteiger partial charge on any atom is 0.285 e. The van der Waals surface area contributed by atoms with Crippen molar-refractivity contribution in [3.8, 4) is 5.88 Å². The Morgan fingerprint density at radius 1 is 1.00 bits per heavy atom. The van der Waals surface area contributed by atoms with Crippen LogP contribution in [-0.2, 0) is 21.9 Å². The Kier molecular flexibility index (Phi) is 6.47. The minimum absolute atomic E-state index is 0.0555. The van der Waals surface area contributed by atoms with Gasteiger partial charge in [-0.2, -0.15) is 0 Å². The van der Waals surface area contributed by atoms with E-state index in [9.17, 15) is 18.3 Å². The highest BCUT2D eigenvalue weighted by atomic mass is 127. The molecule has 4 rings (SSSR count). The Balaban J connectivity index is 1.68. The van der Waals surface area contributed by atoms with Crippen molar-refractivity contribution in [1.82, 2.24) is 4.57 Å². The lowest BCUT2D eigenvalue weighted by atomic mass is 10.2. The van der Waals surface area contributed by atoms with Crippen LogP contribution in [0, 0.1) is 3.57 Å². The number of azo groups is 1. The number of para-hydroxylation sites is 1. The Morgan fingerprint density at radius 2 is 1.64 bits per heavy atom. The summed E-state index contributed by atoms with van der Waals surface area (Å²) in [7, 11) is -2.36. The first-order valence-electron chi connectivity index (χ1n) is 9.83. The van der Waals surface area contributed by atoms with Gasteiger partial charge in [0.2, 0.25) is 5.88 Å². The zero-order valence-electron chi connectivity index (χ0n) is 17.5. The molecule has 0 saturated heterocycles. The fourth-order valence-electron chi connectivity index (χ4n) is 3.36. The molecule has 0 spiro atoms. The molecule has 168 valence electrons. The van der Waals surface area contributed by atoms with E-state index in [0.29, 0.717) is 11.1 Å². The normalized spacial score (nSPS) is 11.8. The van der Waals surface area contributed by atoms with Crippen LogP contribution in [0.1, 0.15) is 0 Å². The van der Waals surface area contributed by atoms with E-state index in [0.717, 1.165) is 13.4 Å². The van der Waals surface area contributed by atoms with Gasteiger partial charge in [-0.05, 0) is 65.1 Å². The number of sulfonamides is 1. The second-order valence-electron chi connectivity index (χ2n) is 7.14. The molecule has 0 fully saturated rings. The number of fused-ring (bicyclic) bond motifs is 1. The summed E-state index contributed by atoms with van der Waals surface area (Å²) in [6.45, 7) is -0.549. The number of rotatable bonds is 6. The van der Waals surface area contributed by atoms with E-state index in [1.54, 1.807) is 67.7 Å². The topological polar surface area (TPSA) is 104 Å². The Bertz CT molecular complexity index is 1450. The van der Waals surface area contributed by atoms with Crippen LogP contribution in [0.4, 0.5) is 11.4 Å². The van der Waals surface area contributed by atoms with Crippen molar-refractivity contribution in [1.29, 1.82) is 0 Å². The number of halogens is 1. The highest BCUT2D eigenvalue weighted by Crippen LogP contribution is 2.37. The fourth-order valence-corrected chi connectivity index (χ4v) is 5.16. The summed E-state index contributed by atoms with van der Waals surface area (Å²) < 4.78 is 30.1. The van der Waals surface area contributed by atoms with Gasteiger partial charge in [-0.1, -0.05) is 36.4 Å². The maximum absolute atomic E-state index is 13.3. The molecule has 10 heteroatoms. The van der Waals surface area contributed by atoms with E-state index in [1.807, 2.05) is 6.07 Å². The average molecular weight is 574 g/mol. The molecule has 8 nitrogen and oxygen atoms in total. The summed E-state index contributed by atoms with van der Waals surface area (Å²) in [4.78, 5) is 12.8. The van der Waals surface area contributed by atoms with Gasteiger partial charge < -0.3 is 9.67 Å². The van der Waals surface area contributed by atoms with Crippen LogP contribution in [0.25, 0.3) is 10.9 Å². The van der Waals surface area contributed by atoms with Crippen LogP contribution in [0.5, 0.6) is 5.88 Å². The standard InChI is InChI=1S/C23H19IN4O4S/c1-27-20-10-6-5-9-19(20)22(23(27)30)26-25-21(29)15-28(17-13-11-16(24)12-14-17)33(31,32)18-7-3-2-4-8-18/h2-14,30H,15H2,1H3. The third kappa shape index (κ3) is 4.62. The number of aromatic hydroxyl groups is 1. The highest BCUT2D eigenvalue weighted by Gasteiger charge is 2.27. The zero-order chi connectivity index (χ0) is 23.6. The van der Waals surface area contributed by atoms with Gasteiger partial charge >= 0.3 is 0 Å². The van der Waals surface area contributed by atoms with Crippen LogP contribution in [-0.4, -0.2) is 30.5 Å². The van der Waals surface area contributed by atoms with Gasteiger partial charge in [0.15, 0.2) is 5.69 Å². The van der Waals surface area contributed by atoms with E-state index in [2.05, 4.69) is 32.8 Å².